The van der Waals surface area contributed by atoms with Gasteiger partial charge in [-0.05, 0) is 37.1 Å². The van der Waals surface area contributed by atoms with Gasteiger partial charge in [0.25, 0.3) is 0 Å². The molecule has 0 atom stereocenters. The fraction of sp³-hybridized carbons (Fsp3) is 0.200. The molecule has 112 valence electrons. The lowest BCUT2D eigenvalue weighted by Crippen LogP contribution is -2.39. The predicted molar refractivity (Wildman–Crippen MR) is 71.2 cm³/mol. The van der Waals surface area contributed by atoms with Crippen LogP contribution in [0.5, 0.6) is 0 Å². The van der Waals surface area contributed by atoms with Gasteiger partial charge in [-0.15, -0.1) is 0 Å². The van der Waals surface area contributed by atoms with E-state index in [1.165, 1.54) is 12.1 Å². The molecule has 0 bridgehead atoms. The van der Waals surface area contributed by atoms with E-state index >= 15 is 0 Å². The van der Waals surface area contributed by atoms with Crippen molar-refractivity contribution in [3.63, 3.8) is 0 Å². The average Bonchev–Trinajstić information content (AvgIpc) is 2.45. The Bertz CT molecular complexity index is 537. The molecule has 2 nitrogen and oxygen atoms in total. The van der Waals surface area contributed by atoms with Crippen molar-refractivity contribution >= 4 is 0 Å². The third-order valence-electron chi connectivity index (χ3n) is 3.26. The van der Waals surface area contributed by atoms with E-state index in [1.54, 1.807) is 0 Å². The van der Waals surface area contributed by atoms with Crippen molar-refractivity contribution in [3.8, 4) is 0 Å². The summed E-state index contributed by atoms with van der Waals surface area (Å²) >= 11 is 0. The standard InChI is InChI=1S/C15H14F4N2/c16-12-3-1-4-13(17)10(12)7-9(21-20)8-11-14(18)5-2-6-15(11)19/h1-6,9,21H,7-8,20H2. The van der Waals surface area contributed by atoms with Crippen molar-refractivity contribution in [1.29, 1.82) is 0 Å². The number of nitrogens with one attached hydrogen (secondary N) is 1. The van der Waals surface area contributed by atoms with Gasteiger partial charge in [-0.1, -0.05) is 12.1 Å². The molecule has 0 spiro atoms. The van der Waals surface area contributed by atoms with Crippen molar-refractivity contribution < 1.29 is 17.6 Å². The Labute approximate surface area is 119 Å². The quantitative estimate of drug-likeness (QED) is 0.506. The first-order valence-electron chi connectivity index (χ1n) is 6.34. The highest BCUT2D eigenvalue weighted by molar-refractivity contribution is 5.24. The van der Waals surface area contributed by atoms with Crippen LogP contribution in [0.3, 0.4) is 0 Å². The van der Waals surface area contributed by atoms with Gasteiger partial charge in [-0.25, -0.2) is 17.6 Å². The van der Waals surface area contributed by atoms with Crippen LogP contribution in [0.15, 0.2) is 36.4 Å². The minimum absolute atomic E-state index is 0.122. The van der Waals surface area contributed by atoms with Crippen molar-refractivity contribution in [2.45, 2.75) is 18.9 Å². The van der Waals surface area contributed by atoms with Gasteiger partial charge in [-0.2, -0.15) is 0 Å². The summed E-state index contributed by atoms with van der Waals surface area (Å²) in [6, 6.07) is 6.27. The number of rotatable bonds is 5. The van der Waals surface area contributed by atoms with Gasteiger partial charge in [0.15, 0.2) is 0 Å². The molecule has 0 aliphatic heterocycles. The molecule has 0 fully saturated rings. The minimum Gasteiger partial charge on any atom is -0.271 e. The van der Waals surface area contributed by atoms with E-state index in [4.69, 9.17) is 5.84 Å². The van der Waals surface area contributed by atoms with Gasteiger partial charge in [0.05, 0.1) is 0 Å². The molecule has 3 N–H and O–H groups in total. The molecule has 2 aromatic carbocycles. The molecule has 0 aliphatic carbocycles. The largest absolute Gasteiger partial charge is 0.271 e. The number of hydrogen-bond acceptors (Lipinski definition) is 2. The van der Waals surface area contributed by atoms with Crippen LogP contribution in [-0.2, 0) is 12.8 Å². The molecule has 0 saturated heterocycles. The molecule has 0 saturated carbocycles. The Hall–Kier alpha value is -1.92. The van der Waals surface area contributed by atoms with Crippen LogP contribution in [0.25, 0.3) is 0 Å². The van der Waals surface area contributed by atoms with Gasteiger partial charge < -0.3 is 0 Å². The molecule has 0 aromatic heterocycles. The number of benzene rings is 2. The van der Waals surface area contributed by atoms with Gasteiger partial charge in [0.2, 0.25) is 0 Å². The second kappa shape index (κ2) is 6.69. The molecular weight excluding hydrogens is 284 g/mol. The van der Waals surface area contributed by atoms with Crippen LogP contribution in [-0.4, -0.2) is 6.04 Å². The van der Waals surface area contributed by atoms with Crippen LogP contribution in [0, 0.1) is 23.3 Å². The summed E-state index contributed by atoms with van der Waals surface area (Å²) in [6.45, 7) is 0. The zero-order chi connectivity index (χ0) is 15.4. The highest BCUT2D eigenvalue weighted by Gasteiger charge is 2.18. The van der Waals surface area contributed by atoms with Crippen molar-refractivity contribution in [2.75, 3.05) is 0 Å². The minimum atomic E-state index is -0.718. The molecular formula is C15H14F4N2. The third-order valence-corrected chi connectivity index (χ3v) is 3.26. The number of hydrogen-bond donors (Lipinski definition) is 2. The summed E-state index contributed by atoms with van der Waals surface area (Å²) in [6.07, 6.45) is -0.244. The van der Waals surface area contributed by atoms with E-state index in [-0.39, 0.29) is 24.0 Å². The smallest absolute Gasteiger partial charge is 0.129 e. The van der Waals surface area contributed by atoms with Crippen LogP contribution >= 0.6 is 0 Å². The molecule has 6 heteroatoms. The van der Waals surface area contributed by atoms with E-state index < -0.39 is 29.3 Å². The molecule has 0 heterocycles. The van der Waals surface area contributed by atoms with Gasteiger partial charge in [0, 0.05) is 17.2 Å². The maximum Gasteiger partial charge on any atom is 0.129 e. The van der Waals surface area contributed by atoms with Crippen LogP contribution in [0.2, 0.25) is 0 Å². The maximum absolute atomic E-state index is 13.6. The van der Waals surface area contributed by atoms with Crippen LogP contribution in [0.4, 0.5) is 17.6 Å². The lowest BCUT2D eigenvalue weighted by molar-refractivity contribution is 0.464. The van der Waals surface area contributed by atoms with Crippen LogP contribution < -0.4 is 11.3 Å². The number of hydrazine groups is 1. The van der Waals surface area contributed by atoms with Crippen molar-refractivity contribution in [1.82, 2.24) is 5.43 Å². The van der Waals surface area contributed by atoms with E-state index in [1.807, 2.05) is 0 Å². The Balaban J connectivity index is 2.21. The fourth-order valence-corrected chi connectivity index (χ4v) is 2.14. The monoisotopic (exact) mass is 298 g/mol. The molecule has 0 aliphatic rings. The molecule has 0 radical (unpaired) electrons. The Kier molecular flexibility index (Phi) is 4.93. The second-order valence-corrected chi connectivity index (χ2v) is 4.67. The molecule has 2 aromatic rings. The zero-order valence-corrected chi connectivity index (χ0v) is 11.0. The summed E-state index contributed by atoms with van der Waals surface area (Å²) in [4.78, 5) is 0. The van der Waals surface area contributed by atoms with E-state index in [0.29, 0.717) is 0 Å². The van der Waals surface area contributed by atoms with E-state index in [0.717, 1.165) is 24.3 Å². The Morgan fingerprint density at radius 3 is 1.38 bits per heavy atom. The van der Waals surface area contributed by atoms with E-state index in [9.17, 15) is 17.6 Å². The third kappa shape index (κ3) is 3.59. The van der Waals surface area contributed by atoms with E-state index in [2.05, 4.69) is 5.43 Å². The van der Waals surface area contributed by atoms with Gasteiger partial charge in [-0.3, -0.25) is 11.3 Å². The Morgan fingerprint density at radius 1 is 0.762 bits per heavy atom. The fourth-order valence-electron chi connectivity index (χ4n) is 2.14. The second-order valence-electron chi connectivity index (χ2n) is 4.67. The number of halogens is 4. The lowest BCUT2D eigenvalue weighted by Gasteiger charge is -2.17. The van der Waals surface area contributed by atoms with Crippen molar-refractivity contribution in [3.05, 3.63) is 70.8 Å². The van der Waals surface area contributed by atoms with Crippen LogP contribution in [0.1, 0.15) is 11.1 Å². The van der Waals surface area contributed by atoms with Gasteiger partial charge in [0.1, 0.15) is 23.3 Å². The highest BCUT2D eigenvalue weighted by Crippen LogP contribution is 2.18. The Morgan fingerprint density at radius 2 is 1.10 bits per heavy atom. The molecule has 0 amide bonds. The summed E-state index contributed by atoms with van der Waals surface area (Å²) in [5, 5.41) is 0. The average molecular weight is 298 g/mol. The first-order chi connectivity index (χ1) is 10.0. The molecule has 21 heavy (non-hydrogen) atoms. The summed E-state index contributed by atoms with van der Waals surface area (Å²) in [7, 11) is 0. The lowest BCUT2D eigenvalue weighted by atomic mass is 9.98. The highest BCUT2D eigenvalue weighted by atomic mass is 19.1. The first-order valence-corrected chi connectivity index (χ1v) is 6.34. The normalized spacial score (nSPS) is 11.1. The predicted octanol–water partition coefficient (Wildman–Crippen LogP) is 2.86. The topological polar surface area (TPSA) is 38.0 Å². The molecule has 2 rings (SSSR count). The summed E-state index contributed by atoms with van der Waals surface area (Å²) in [5.74, 6) is 2.46. The first kappa shape index (κ1) is 15.5. The van der Waals surface area contributed by atoms with Gasteiger partial charge >= 0.3 is 0 Å². The summed E-state index contributed by atoms with van der Waals surface area (Å²) < 4.78 is 54.4. The zero-order valence-electron chi connectivity index (χ0n) is 11.0. The van der Waals surface area contributed by atoms with Crippen molar-refractivity contribution in [2.24, 2.45) is 5.84 Å². The maximum atomic E-state index is 13.6. The SMILES string of the molecule is NNC(Cc1c(F)cccc1F)Cc1c(F)cccc1F. The number of nitrogens with two attached hydrogens (primary N) is 1. The summed E-state index contributed by atoms with van der Waals surface area (Å²) in [5.41, 5.74) is 2.00. The molecule has 0 unspecified atom stereocenters.